The zero-order valence-electron chi connectivity index (χ0n) is 20.7. The Morgan fingerprint density at radius 1 is 1.05 bits per heavy atom. The number of hydrogen-bond donors (Lipinski definition) is 4. The van der Waals surface area contributed by atoms with E-state index in [0.717, 1.165) is 28.5 Å². The number of halogens is 3. The summed E-state index contributed by atoms with van der Waals surface area (Å²) in [6, 6.07) is 8.12. The molecule has 3 heterocycles. The minimum absolute atomic E-state index is 0.0666. The lowest BCUT2D eigenvalue weighted by atomic mass is 10.1. The molecule has 0 saturated carbocycles. The number of aromatic carboxylic acids is 1. The third kappa shape index (κ3) is 5.61. The van der Waals surface area contributed by atoms with Crippen LogP contribution >= 0.6 is 0 Å². The number of aryl methyl sites for hydroxylation is 1. The topological polar surface area (TPSA) is 182 Å². The molecule has 0 bridgehead atoms. The number of carboxylic acids is 1. The molecule has 0 aliphatic carbocycles. The van der Waals surface area contributed by atoms with Crippen molar-refractivity contribution >= 4 is 38.6 Å². The van der Waals surface area contributed by atoms with Crippen LogP contribution in [0, 0.1) is 24.4 Å². The standard InChI is InChI=1S/C18H14F3N5O3.C7H8O3S/c19-10-2-11(20)14(3-13(10)23)26-6-9(18(28)29)15(27)8-1-12(21)17(24-16(8)26)25-4-7(22)5-25;1-6-2-4-7(5-3-6)11(8,9)10/h1-3,6-7H,4-5,22-23H2,(H,28,29);2-5H,1H3,(H,8,9,10). The predicted molar refractivity (Wildman–Crippen MR) is 140 cm³/mol. The number of rotatable bonds is 4. The van der Waals surface area contributed by atoms with Crippen molar-refractivity contribution in [2.45, 2.75) is 17.9 Å². The van der Waals surface area contributed by atoms with Gasteiger partial charge in [0.05, 0.1) is 21.7 Å². The van der Waals surface area contributed by atoms with E-state index in [2.05, 4.69) is 4.98 Å². The van der Waals surface area contributed by atoms with E-state index in [-0.39, 0.29) is 33.5 Å². The smallest absolute Gasteiger partial charge is 0.341 e. The van der Waals surface area contributed by atoms with E-state index < -0.39 is 50.2 Å². The first-order valence-electron chi connectivity index (χ1n) is 11.5. The summed E-state index contributed by atoms with van der Waals surface area (Å²) in [6.45, 7) is 2.49. The molecule has 1 fully saturated rings. The summed E-state index contributed by atoms with van der Waals surface area (Å²) in [7, 11) is -4.02. The first-order chi connectivity index (χ1) is 18.7. The van der Waals surface area contributed by atoms with Gasteiger partial charge in [-0.2, -0.15) is 8.42 Å². The van der Waals surface area contributed by atoms with Gasteiger partial charge in [-0.15, -0.1) is 0 Å². The summed E-state index contributed by atoms with van der Waals surface area (Å²) < 4.78 is 73.1. The lowest BCUT2D eigenvalue weighted by Gasteiger charge is -2.38. The zero-order chi connectivity index (χ0) is 29.5. The van der Waals surface area contributed by atoms with E-state index in [1.54, 1.807) is 12.1 Å². The van der Waals surface area contributed by atoms with Gasteiger partial charge in [0, 0.05) is 31.4 Å². The highest BCUT2D eigenvalue weighted by atomic mass is 32.2. The minimum atomic E-state index is -4.02. The molecule has 1 aliphatic rings. The van der Waals surface area contributed by atoms with E-state index in [9.17, 15) is 36.3 Å². The Balaban J connectivity index is 0.000000283. The number of nitrogen functional groups attached to an aromatic ring is 1. The number of benzene rings is 2. The average molecular weight is 578 g/mol. The monoisotopic (exact) mass is 577 g/mol. The van der Waals surface area contributed by atoms with Gasteiger partial charge in [0.25, 0.3) is 10.1 Å². The summed E-state index contributed by atoms with van der Waals surface area (Å²) in [5, 5.41) is 8.95. The predicted octanol–water partition coefficient (Wildman–Crippen LogP) is 2.47. The molecule has 210 valence electrons. The van der Waals surface area contributed by atoms with Gasteiger partial charge in [0.1, 0.15) is 17.2 Å². The number of anilines is 2. The Labute approximate surface area is 224 Å². The zero-order valence-corrected chi connectivity index (χ0v) is 21.5. The van der Waals surface area contributed by atoms with Crippen LogP contribution in [-0.2, 0) is 10.1 Å². The van der Waals surface area contributed by atoms with Crippen LogP contribution in [0.15, 0.2) is 58.4 Å². The maximum atomic E-state index is 14.6. The van der Waals surface area contributed by atoms with Crippen molar-refractivity contribution in [3.8, 4) is 5.69 Å². The Kier molecular flexibility index (Phi) is 7.56. The van der Waals surface area contributed by atoms with Crippen LogP contribution in [0.5, 0.6) is 0 Å². The number of pyridine rings is 2. The van der Waals surface area contributed by atoms with Gasteiger partial charge in [-0.05, 0) is 31.2 Å². The van der Waals surface area contributed by atoms with Crippen LogP contribution in [0.3, 0.4) is 0 Å². The molecule has 11 nitrogen and oxygen atoms in total. The molecule has 0 spiro atoms. The largest absolute Gasteiger partial charge is 0.477 e. The van der Waals surface area contributed by atoms with Gasteiger partial charge < -0.3 is 21.5 Å². The normalized spacial score (nSPS) is 13.5. The summed E-state index contributed by atoms with van der Waals surface area (Å²) in [5.41, 5.74) is 9.49. The Bertz CT molecular complexity index is 1810. The molecule has 5 rings (SSSR count). The molecule has 0 radical (unpaired) electrons. The molecule has 2 aromatic carbocycles. The van der Waals surface area contributed by atoms with Crippen molar-refractivity contribution < 1.29 is 36.0 Å². The van der Waals surface area contributed by atoms with Gasteiger partial charge in [0.15, 0.2) is 17.3 Å². The summed E-state index contributed by atoms with van der Waals surface area (Å²) in [5.74, 6) is -4.65. The summed E-state index contributed by atoms with van der Waals surface area (Å²) in [4.78, 5) is 29.6. The Hall–Kier alpha value is -4.47. The first-order valence-corrected chi connectivity index (χ1v) is 12.9. The molecule has 2 aromatic heterocycles. The minimum Gasteiger partial charge on any atom is -0.477 e. The van der Waals surface area contributed by atoms with E-state index >= 15 is 0 Å². The van der Waals surface area contributed by atoms with Crippen molar-refractivity contribution in [2.75, 3.05) is 23.7 Å². The fourth-order valence-electron chi connectivity index (χ4n) is 3.91. The number of hydrogen-bond acceptors (Lipinski definition) is 8. The highest BCUT2D eigenvalue weighted by Crippen LogP contribution is 2.28. The second kappa shape index (κ2) is 10.6. The molecule has 0 unspecified atom stereocenters. The quantitative estimate of drug-likeness (QED) is 0.208. The molecule has 1 saturated heterocycles. The van der Waals surface area contributed by atoms with E-state index in [1.807, 2.05) is 6.92 Å². The fourth-order valence-corrected chi connectivity index (χ4v) is 4.39. The van der Waals surface area contributed by atoms with Crippen LogP contribution in [-0.4, -0.2) is 52.7 Å². The molecule has 15 heteroatoms. The van der Waals surface area contributed by atoms with Gasteiger partial charge in [-0.3, -0.25) is 13.9 Å². The average Bonchev–Trinajstić information content (AvgIpc) is 2.85. The van der Waals surface area contributed by atoms with Crippen molar-refractivity contribution in [3.05, 3.63) is 87.5 Å². The van der Waals surface area contributed by atoms with Gasteiger partial charge in [-0.1, -0.05) is 17.7 Å². The molecule has 40 heavy (non-hydrogen) atoms. The van der Waals surface area contributed by atoms with Crippen LogP contribution in [0.4, 0.5) is 24.7 Å². The number of aromatic nitrogens is 2. The van der Waals surface area contributed by atoms with E-state index in [1.165, 1.54) is 17.0 Å². The van der Waals surface area contributed by atoms with Gasteiger partial charge in [0.2, 0.25) is 5.43 Å². The maximum Gasteiger partial charge on any atom is 0.341 e. The lowest BCUT2D eigenvalue weighted by molar-refractivity contribution is 0.0695. The highest BCUT2D eigenvalue weighted by molar-refractivity contribution is 7.85. The highest BCUT2D eigenvalue weighted by Gasteiger charge is 2.29. The number of nitrogens with zero attached hydrogens (tertiary/aromatic N) is 3. The lowest BCUT2D eigenvalue weighted by Crippen LogP contribution is -2.56. The van der Waals surface area contributed by atoms with Gasteiger partial charge in [-0.25, -0.2) is 22.9 Å². The number of carbonyl (C=O) groups is 1. The SMILES string of the molecule is Cc1ccc(S(=O)(=O)O)cc1.Nc1cc(-n2cc(C(=O)O)c(=O)c3cc(F)c(N4CC(N)C4)nc32)c(F)cc1F. The molecule has 4 aromatic rings. The Morgan fingerprint density at radius 3 is 2.23 bits per heavy atom. The molecule has 0 amide bonds. The van der Waals surface area contributed by atoms with Crippen molar-refractivity contribution in [3.63, 3.8) is 0 Å². The summed E-state index contributed by atoms with van der Waals surface area (Å²) >= 11 is 0. The van der Waals surface area contributed by atoms with Gasteiger partial charge >= 0.3 is 5.97 Å². The second-order valence-electron chi connectivity index (χ2n) is 8.99. The Morgan fingerprint density at radius 2 is 1.68 bits per heavy atom. The first kappa shape index (κ1) is 28.5. The number of nitrogens with two attached hydrogens (primary N) is 2. The maximum absolute atomic E-state index is 14.6. The molecule has 6 N–H and O–H groups in total. The molecular weight excluding hydrogens is 555 g/mol. The van der Waals surface area contributed by atoms with E-state index in [0.29, 0.717) is 19.2 Å². The van der Waals surface area contributed by atoms with Crippen LogP contribution in [0.2, 0.25) is 0 Å². The van der Waals surface area contributed by atoms with Crippen LogP contribution in [0.1, 0.15) is 15.9 Å². The fraction of sp³-hybridized carbons (Fsp3) is 0.160. The van der Waals surface area contributed by atoms with Crippen LogP contribution in [0.25, 0.3) is 16.7 Å². The number of fused-ring (bicyclic) bond motifs is 1. The third-order valence-electron chi connectivity index (χ3n) is 6.00. The number of carboxylic acid groups (broad SMARTS) is 1. The van der Waals surface area contributed by atoms with Crippen LogP contribution < -0.4 is 21.8 Å². The van der Waals surface area contributed by atoms with Crippen molar-refractivity contribution in [1.29, 1.82) is 0 Å². The van der Waals surface area contributed by atoms with Crippen molar-refractivity contribution in [2.24, 2.45) is 5.73 Å². The van der Waals surface area contributed by atoms with E-state index in [4.69, 9.17) is 16.0 Å². The molecular formula is C25H22F3N5O6S. The molecule has 1 aliphatic heterocycles. The van der Waals surface area contributed by atoms with Crippen molar-refractivity contribution in [1.82, 2.24) is 9.55 Å². The summed E-state index contributed by atoms with van der Waals surface area (Å²) in [6.07, 6.45) is 0.847. The second-order valence-corrected chi connectivity index (χ2v) is 10.4. The third-order valence-corrected chi connectivity index (χ3v) is 6.87. The molecule has 0 atom stereocenters.